The Bertz CT molecular complexity index is 257. The highest BCUT2D eigenvalue weighted by Gasteiger charge is 2.50. The minimum atomic E-state index is -0.637. The number of rotatable bonds is 4. The molecule has 0 spiro atoms. The van der Waals surface area contributed by atoms with Crippen molar-refractivity contribution in [1.82, 2.24) is 10.6 Å². The lowest BCUT2D eigenvalue weighted by Gasteiger charge is -2.40. The van der Waals surface area contributed by atoms with E-state index in [-0.39, 0.29) is 18.3 Å². The summed E-state index contributed by atoms with van der Waals surface area (Å²) in [5.74, 6) is -1.24. The third kappa shape index (κ3) is 2.08. The molecule has 0 aromatic heterocycles. The molecular formula is C9H14N2O4. The maximum absolute atomic E-state index is 11.3. The highest BCUT2D eigenvalue weighted by molar-refractivity contribution is 5.87. The van der Waals surface area contributed by atoms with E-state index in [0.717, 1.165) is 0 Å². The summed E-state index contributed by atoms with van der Waals surface area (Å²) >= 11 is 0. The monoisotopic (exact) mass is 214 g/mol. The fraction of sp³-hybridized carbons (Fsp3) is 0.667. The molecule has 6 heteroatoms. The van der Waals surface area contributed by atoms with E-state index in [1.54, 1.807) is 0 Å². The van der Waals surface area contributed by atoms with Crippen molar-refractivity contribution >= 4 is 18.3 Å². The quantitative estimate of drug-likeness (QED) is 0.567. The maximum Gasteiger partial charge on any atom is 0.293 e. The Labute approximate surface area is 87.4 Å². The molecule has 1 rings (SSSR count). The summed E-state index contributed by atoms with van der Waals surface area (Å²) in [5, 5.41) is 4.93. The zero-order valence-electron chi connectivity index (χ0n) is 8.65. The molecule has 0 radical (unpaired) electrons. The van der Waals surface area contributed by atoms with Gasteiger partial charge in [0.1, 0.15) is 6.10 Å². The summed E-state index contributed by atoms with van der Waals surface area (Å²) in [7, 11) is 3.01. The lowest BCUT2D eigenvalue weighted by molar-refractivity contribution is -0.163. The van der Waals surface area contributed by atoms with E-state index in [2.05, 4.69) is 10.6 Å². The van der Waals surface area contributed by atoms with E-state index in [1.807, 2.05) is 0 Å². The van der Waals surface area contributed by atoms with Gasteiger partial charge in [0.2, 0.25) is 11.8 Å². The number of ether oxygens (including phenoxy) is 1. The Morgan fingerprint density at radius 3 is 2.00 bits per heavy atom. The summed E-state index contributed by atoms with van der Waals surface area (Å²) in [6.45, 7) is 0.274. The average Bonchev–Trinajstić information content (AvgIpc) is 2.23. The molecule has 0 heterocycles. The van der Waals surface area contributed by atoms with Gasteiger partial charge in [-0.2, -0.15) is 0 Å². The van der Waals surface area contributed by atoms with E-state index in [0.29, 0.717) is 6.42 Å². The van der Waals surface area contributed by atoms with E-state index in [9.17, 15) is 14.4 Å². The van der Waals surface area contributed by atoms with Crippen LogP contribution < -0.4 is 10.6 Å². The van der Waals surface area contributed by atoms with Crippen LogP contribution in [0.15, 0.2) is 0 Å². The van der Waals surface area contributed by atoms with Gasteiger partial charge in [-0.25, -0.2) is 0 Å². The third-order valence-corrected chi connectivity index (χ3v) is 2.68. The third-order valence-electron chi connectivity index (χ3n) is 2.68. The van der Waals surface area contributed by atoms with Crippen molar-refractivity contribution in [1.29, 1.82) is 0 Å². The molecule has 15 heavy (non-hydrogen) atoms. The molecule has 2 unspecified atom stereocenters. The van der Waals surface area contributed by atoms with Crippen molar-refractivity contribution in [2.24, 2.45) is 11.8 Å². The molecule has 0 saturated heterocycles. The van der Waals surface area contributed by atoms with Crippen molar-refractivity contribution in [3.8, 4) is 0 Å². The average molecular weight is 214 g/mol. The molecule has 0 aromatic carbocycles. The van der Waals surface area contributed by atoms with Gasteiger partial charge in [0, 0.05) is 14.1 Å². The molecule has 1 aliphatic rings. The van der Waals surface area contributed by atoms with E-state index in [1.165, 1.54) is 14.1 Å². The maximum atomic E-state index is 11.3. The Kier molecular flexibility index (Phi) is 3.65. The first kappa shape index (κ1) is 11.5. The summed E-state index contributed by atoms with van der Waals surface area (Å²) in [5.41, 5.74) is 0. The van der Waals surface area contributed by atoms with Crippen LogP contribution in [-0.2, 0) is 19.1 Å². The predicted molar refractivity (Wildman–Crippen MR) is 50.7 cm³/mol. The van der Waals surface area contributed by atoms with Crippen LogP contribution in [0.1, 0.15) is 6.42 Å². The normalized spacial score (nSPS) is 28.5. The van der Waals surface area contributed by atoms with Crippen LogP contribution >= 0.6 is 0 Å². The second-order valence-electron chi connectivity index (χ2n) is 3.37. The van der Waals surface area contributed by atoms with Gasteiger partial charge in [-0.15, -0.1) is 0 Å². The second-order valence-corrected chi connectivity index (χ2v) is 3.37. The molecule has 0 aliphatic heterocycles. The fourth-order valence-corrected chi connectivity index (χ4v) is 1.76. The topological polar surface area (TPSA) is 84.5 Å². The molecule has 1 saturated carbocycles. The molecule has 0 bridgehead atoms. The Morgan fingerprint density at radius 1 is 1.20 bits per heavy atom. The van der Waals surface area contributed by atoms with E-state index >= 15 is 0 Å². The first-order valence-electron chi connectivity index (χ1n) is 4.68. The van der Waals surface area contributed by atoms with Gasteiger partial charge >= 0.3 is 0 Å². The number of carbonyl (C=O) groups excluding carboxylic acids is 3. The van der Waals surface area contributed by atoms with Gasteiger partial charge in [0.15, 0.2) is 0 Å². The van der Waals surface area contributed by atoms with Gasteiger partial charge in [0.25, 0.3) is 6.47 Å². The number of nitrogens with one attached hydrogen (secondary N) is 2. The van der Waals surface area contributed by atoms with Crippen molar-refractivity contribution in [2.45, 2.75) is 12.5 Å². The number of amides is 2. The standard InChI is InChI=1S/C9H14N2O4/c1-10-8(13)5-3-6(9(14)11-2)7(5)15-4-12/h4-7H,3H2,1-2H3,(H,10,13)(H,11,14). The summed E-state index contributed by atoms with van der Waals surface area (Å²) in [6, 6.07) is 0. The molecule has 2 N–H and O–H groups in total. The van der Waals surface area contributed by atoms with Gasteiger partial charge < -0.3 is 15.4 Å². The Balaban J connectivity index is 2.63. The highest BCUT2D eigenvalue weighted by Crippen LogP contribution is 2.36. The molecule has 0 aromatic rings. The SMILES string of the molecule is CNC(=O)C1CC(C(=O)NC)C1OC=O. The number of carbonyl (C=O) groups is 3. The molecule has 2 amide bonds. The van der Waals surface area contributed by atoms with Crippen LogP contribution in [0.4, 0.5) is 0 Å². The van der Waals surface area contributed by atoms with Crippen LogP contribution in [0, 0.1) is 11.8 Å². The van der Waals surface area contributed by atoms with Crippen molar-refractivity contribution in [2.75, 3.05) is 14.1 Å². The summed E-state index contributed by atoms with van der Waals surface area (Å²) in [4.78, 5) is 32.8. The Hall–Kier alpha value is -1.59. The lowest BCUT2D eigenvalue weighted by Crippen LogP contribution is -2.55. The molecule has 1 fully saturated rings. The van der Waals surface area contributed by atoms with Gasteiger partial charge in [-0.05, 0) is 6.42 Å². The van der Waals surface area contributed by atoms with Crippen LogP contribution in [-0.4, -0.2) is 38.5 Å². The lowest BCUT2D eigenvalue weighted by atomic mass is 9.70. The molecule has 6 nitrogen and oxygen atoms in total. The molecule has 2 atom stereocenters. The van der Waals surface area contributed by atoms with Crippen LogP contribution in [0.5, 0.6) is 0 Å². The van der Waals surface area contributed by atoms with Gasteiger partial charge in [-0.1, -0.05) is 0 Å². The number of hydrogen-bond donors (Lipinski definition) is 2. The summed E-state index contributed by atoms with van der Waals surface area (Å²) in [6.07, 6.45) is -0.222. The van der Waals surface area contributed by atoms with Gasteiger partial charge in [-0.3, -0.25) is 14.4 Å². The van der Waals surface area contributed by atoms with E-state index < -0.39 is 17.9 Å². The predicted octanol–water partition coefficient (Wildman–Crippen LogP) is -1.34. The largest absolute Gasteiger partial charge is 0.463 e. The van der Waals surface area contributed by atoms with Crippen molar-refractivity contribution in [3.05, 3.63) is 0 Å². The van der Waals surface area contributed by atoms with Gasteiger partial charge in [0.05, 0.1) is 11.8 Å². The van der Waals surface area contributed by atoms with Crippen molar-refractivity contribution < 1.29 is 19.1 Å². The molecular weight excluding hydrogens is 200 g/mol. The highest BCUT2D eigenvalue weighted by atomic mass is 16.5. The van der Waals surface area contributed by atoms with Crippen LogP contribution in [0.2, 0.25) is 0 Å². The minimum Gasteiger partial charge on any atom is -0.463 e. The van der Waals surface area contributed by atoms with Crippen molar-refractivity contribution in [3.63, 3.8) is 0 Å². The zero-order valence-corrected chi connectivity index (χ0v) is 8.65. The Morgan fingerprint density at radius 2 is 1.67 bits per heavy atom. The van der Waals surface area contributed by atoms with Crippen LogP contribution in [0.25, 0.3) is 0 Å². The smallest absolute Gasteiger partial charge is 0.293 e. The fourth-order valence-electron chi connectivity index (χ4n) is 1.76. The second kappa shape index (κ2) is 4.77. The first-order valence-corrected chi connectivity index (χ1v) is 4.68. The molecule has 1 aliphatic carbocycles. The van der Waals surface area contributed by atoms with Crippen LogP contribution in [0.3, 0.4) is 0 Å². The van der Waals surface area contributed by atoms with E-state index in [4.69, 9.17) is 4.74 Å². The molecule has 84 valence electrons. The minimum absolute atomic E-state index is 0.206. The summed E-state index contributed by atoms with van der Waals surface area (Å²) < 4.78 is 4.75. The first-order chi connectivity index (χ1) is 7.15. The zero-order chi connectivity index (χ0) is 11.4. The number of hydrogen-bond acceptors (Lipinski definition) is 4.